The maximum absolute atomic E-state index is 12.9. The zero-order valence-electron chi connectivity index (χ0n) is 16.4. The minimum Gasteiger partial charge on any atom is -0.349 e. The number of rotatable bonds is 7. The van der Waals surface area contributed by atoms with Crippen LogP contribution in [0.3, 0.4) is 0 Å². The van der Waals surface area contributed by atoms with Gasteiger partial charge in [-0.3, -0.25) is 14.4 Å². The number of carbonyl (C=O) groups excluding carboxylic acids is 2. The third kappa shape index (κ3) is 4.70. The number of pyridine rings is 1. The molecule has 1 saturated carbocycles. The number of nitrogens with one attached hydrogen (secondary N) is 2. The standard InChI is InChI=1S/C21H27N3O3S/c1-3-14(2)23-21(27)18-12-24(16-6-4-5-7-16)11-17(19(18)25)20(26)22-10-15-8-9-28-13-15/h8-9,11-14,16H,3-7,10H2,1-2H3,(H,22,26)(H,23,27)/t14-/m1/s1. The van der Waals surface area contributed by atoms with Crippen molar-refractivity contribution in [1.82, 2.24) is 15.2 Å². The van der Waals surface area contributed by atoms with Gasteiger partial charge >= 0.3 is 0 Å². The molecule has 2 N–H and O–H groups in total. The van der Waals surface area contributed by atoms with Crippen LogP contribution < -0.4 is 16.1 Å². The summed E-state index contributed by atoms with van der Waals surface area (Å²) in [7, 11) is 0. The van der Waals surface area contributed by atoms with Crippen LogP contribution in [-0.4, -0.2) is 22.4 Å². The summed E-state index contributed by atoms with van der Waals surface area (Å²) in [5.41, 5.74) is 0.535. The van der Waals surface area contributed by atoms with E-state index in [0.717, 1.165) is 37.7 Å². The summed E-state index contributed by atoms with van der Waals surface area (Å²) in [6.07, 6.45) is 8.21. The van der Waals surface area contributed by atoms with Gasteiger partial charge in [0.2, 0.25) is 5.43 Å². The lowest BCUT2D eigenvalue weighted by molar-refractivity contribution is 0.0937. The maximum atomic E-state index is 12.9. The monoisotopic (exact) mass is 401 g/mol. The molecule has 1 atom stereocenters. The van der Waals surface area contributed by atoms with Crippen molar-refractivity contribution in [1.29, 1.82) is 0 Å². The lowest BCUT2D eigenvalue weighted by Gasteiger charge is -2.18. The third-order valence-corrected chi connectivity index (χ3v) is 6.04. The first-order valence-corrected chi connectivity index (χ1v) is 10.8. The predicted molar refractivity (Wildman–Crippen MR) is 111 cm³/mol. The fourth-order valence-corrected chi connectivity index (χ4v) is 4.08. The van der Waals surface area contributed by atoms with Crippen molar-refractivity contribution in [3.8, 4) is 0 Å². The second-order valence-corrected chi connectivity index (χ2v) is 8.18. The van der Waals surface area contributed by atoms with Gasteiger partial charge in [-0.25, -0.2) is 0 Å². The summed E-state index contributed by atoms with van der Waals surface area (Å²) < 4.78 is 1.89. The van der Waals surface area contributed by atoms with Crippen molar-refractivity contribution in [3.05, 3.63) is 56.1 Å². The minimum absolute atomic E-state index is 0.0268. The van der Waals surface area contributed by atoms with E-state index < -0.39 is 17.2 Å². The Kier molecular flexibility index (Phi) is 6.67. The first kappa shape index (κ1) is 20.3. The van der Waals surface area contributed by atoms with Crippen LogP contribution in [0.15, 0.2) is 34.0 Å². The topological polar surface area (TPSA) is 80.2 Å². The quantitative estimate of drug-likeness (QED) is 0.745. The highest BCUT2D eigenvalue weighted by Crippen LogP contribution is 2.29. The van der Waals surface area contributed by atoms with E-state index >= 15 is 0 Å². The molecule has 1 aliphatic rings. The average molecular weight is 402 g/mol. The van der Waals surface area contributed by atoms with Crippen molar-refractivity contribution in [2.24, 2.45) is 0 Å². The summed E-state index contributed by atoms with van der Waals surface area (Å²) >= 11 is 1.55. The lowest BCUT2D eigenvalue weighted by Crippen LogP contribution is -2.38. The molecular weight excluding hydrogens is 374 g/mol. The van der Waals surface area contributed by atoms with Gasteiger partial charge in [0.1, 0.15) is 11.1 Å². The molecule has 6 nitrogen and oxygen atoms in total. The summed E-state index contributed by atoms with van der Waals surface area (Å²) in [6.45, 7) is 4.22. The highest BCUT2D eigenvalue weighted by Gasteiger charge is 2.23. The average Bonchev–Trinajstić information content (AvgIpc) is 3.40. The number of aromatic nitrogens is 1. The van der Waals surface area contributed by atoms with Crippen LogP contribution >= 0.6 is 11.3 Å². The van der Waals surface area contributed by atoms with Gasteiger partial charge in [0.05, 0.1) is 0 Å². The molecule has 0 radical (unpaired) electrons. The van der Waals surface area contributed by atoms with Crippen LogP contribution in [0.25, 0.3) is 0 Å². The fourth-order valence-electron chi connectivity index (χ4n) is 3.41. The molecule has 2 aromatic rings. The van der Waals surface area contributed by atoms with E-state index in [0.29, 0.717) is 6.54 Å². The number of nitrogens with zero attached hydrogens (tertiary/aromatic N) is 1. The molecule has 7 heteroatoms. The predicted octanol–water partition coefficient (Wildman–Crippen LogP) is 3.48. The van der Waals surface area contributed by atoms with E-state index in [1.165, 1.54) is 0 Å². The smallest absolute Gasteiger partial charge is 0.257 e. The molecule has 0 aliphatic heterocycles. The molecule has 150 valence electrons. The van der Waals surface area contributed by atoms with E-state index in [4.69, 9.17) is 0 Å². The van der Waals surface area contributed by atoms with E-state index in [2.05, 4.69) is 10.6 Å². The van der Waals surface area contributed by atoms with Gasteiger partial charge in [0.15, 0.2) is 0 Å². The van der Waals surface area contributed by atoms with Gasteiger partial charge in [-0.1, -0.05) is 19.8 Å². The molecule has 1 fully saturated rings. The molecular formula is C21H27N3O3S. The molecule has 0 unspecified atom stereocenters. The SMILES string of the molecule is CC[C@@H](C)NC(=O)c1cn(C2CCCC2)cc(C(=O)NCc2ccsc2)c1=O. The Morgan fingerprint density at radius 2 is 1.89 bits per heavy atom. The molecule has 2 aromatic heterocycles. The normalized spacial score (nSPS) is 15.4. The summed E-state index contributed by atoms with van der Waals surface area (Å²) in [5, 5.41) is 9.53. The molecule has 0 bridgehead atoms. The molecule has 0 spiro atoms. The van der Waals surface area contributed by atoms with Gasteiger partial charge in [-0.2, -0.15) is 11.3 Å². The number of hydrogen-bond acceptors (Lipinski definition) is 4. The van der Waals surface area contributed by atoms with Crippen LogP contribution in [0.2, 0.25) is 0 Å². The maximum Gasteiger partial charge on any atom is 0.257 e. The van der Waals surface area contributed by atoms with Crippen molar-refractivity contribution in [2.75, 3.05) is 0 Å². The van der Waals surface area contributed by atoms with Crippen LogP contribution in [-0.2, 0) is 6.54 Å². The first-order valence-electron chi connectivity index (χ1n) is 9.85. The minimum atomic E-state index is -0.516. The van der Waals surface area contributed by atoms with Crippen molar-refractivity contribution >= 4 is 23.2 Å². The number of thiophene rings is 1. The Labute approximate surface area is 169 Å². The highest BCUT2D eigenvalue weighted by molar-refractivity contribution is 7.07. The number of amides is 2. The Morgan fingerprint density at radius 1 is 1.21 bits per heavy atom. The van der Waals surface area contributed by atoms with E-state index in [-0.39, 0.29) is 23.2 Å². The lowest BCUT2D eigenvalue weighted by atomic mass is 10.1. The van der Waals surface area contributed by atoms with Crippen LogP contribution in [0.1, 0.15) is 78.3 Å². The van der Waals surface area contributed by atoms with Crippen molar-refractivity contribution < 1.29 is 9.59 Å². The molecule has 0 aromatic carbocycles. The second-order valence-electron chi connectivity index (χ2n) is 7.40. The van der Waals surface area contributed by atoms with E-state index in [1.807, 2.05) is 35.2 Å². The summed E-state index contributed by atoms with van der Waals surface area (Å²) in [5.74, 6) is -0.861. The number of hydrogen-bond donors (Lipinski definition) is 2. The van der Waals surface area contributed by atoms with Gasteiger partial charge in [-0.15, -0.1) is 0 Å². The van der Waals surface area contributed by atoms with E-state index in [1.54, 1.807) is 23.7 Å². The molecule has 28 heavy (non-hydrogen) atoms. The molecule has 2 amide bonds. The van der Waals surface area contributed by atoms with Gasteiger partial charge in [0.25, 0.3) is 11.8 Å². The zero-order valence-corrected chi connectivity index (χ0v) is 17.2. The van der Waals surface area contributed by atoms with Crippen LogP contribution in [0, 0.1) is 0 Å². The van der Waals surface area contributed by atoms with Gasteiger partial charge in [-0.05, 0) is 48.6 Å². The van der Waals surface area contributed by atoms with Gasteiger partial charge < -0.3 is 15.2 Å². The highest BCUT2D eigenvalue weighted by atomic mass is 32.1. The molecule has 0 saturated heterocycles. The first-order chi connectivity index (χ1) is 13.5. The fraction of sp³-hybridized carbons (Fsp3) is 0.476. The van der Waals surface area contributed by atoms with E-state index in [9.17, 15) is 14.4 Å². The second kappa shape index (κ2) is 9.19. The van der Waals surface area contributed by atoms with Crippen LogP contribution in [0.4, 0.5) is 0 Å². The summed E-state index contributed by atoms with van der Waals surface area (Å²) in [4.78, 5) is 38.3. The zero-order chi connectivity index (χ0) is 20.1. The third-order valence-electron chi connectivity index (χ3n) is 5.30. The Bertz CT molecular complexity index is 883. The van der Waals surface area contributed by atoms with Crippen molar-refractivity contribution in [3.63, 3.8) is 0 Å². The number of carbonyl (C=O) groups is 2. The van der Waals surface area contributed by atoms with Gasteiger partial charge in [0, 0.05) is 31.0 Å². The molecule has 1 aliphatic carbocycles. The molecule has 2 heterocycles. The largest absolute Gasteiger partial charge is 0.349 e. The van der Waals surface area contributed by atoms with Crippen LogP contribution in [0.5, 0.6) is 0 Å². The Hall–Kier alpha value is -2.41. The van der Waals surface area contributed by atoms with Crippen molar-refractivity contribution in [2.45, 2.75) is 64.6 Å². The molecule has 3 rings (SSSR count). The Morgan fingerprint density at radius 3 is 2.50 bits per heavy atom. The summed E-state index contributed by atoms with van der Waals surface area (Å²) in [6, 6.07) is 2.11. The Balaban J connectivity index is 1.91.